The second kappa shape index (κ2) is 5.61. The molecule has 4 rings (SSSR count). The molecular formula is C17H15FN4O2. The molecule has 0 aliphatic rings. The van der Waals surface area contributed by atoms with Crippen LogP contribution in [0.1, 0.15) is 6.92 Å². The molecule has 4 aromatic rings. The van der Waals surface area contributed by atoms with Gasteiger partial charge in [0.25, 0.3) is 0 Å². The van der Waals surface area contributed by atoms with Crippen LogP contribution in [0.2, 0.25) is 0 Å². The van der Waals surface area contributed by atoms with Gasteiger partial charge in [0, 0.05) is 18.0 Å². The summed E-state index contributed by atoms with van der Waals surface area (Å²) in [5, 5.41) is 5.10. The van der Waals surface area contributed by atoms with Crippen molar-refractivity contribution in [3.05, 3.63) is 48.4 Å². The molecule has 0 amide bonds. The molecule has 3 aromatic heterocycles. The van der Waals surface area contributed by atoms with Gasteiger partial charge >= 0.3 is 0 Å². The Morgan fingerprint density at radius 3 is 3.00 bits per heavy atom. The molecule has 7 heteroatoms. The number of fused-ring (bicyclic) bond motifs is 2. The van der Waals surface area contributed by atoms with E-state index in [1.807, 2.05) is 6.92 Å². The highest BCUT2D eigenvalue weighted by Gasteiger charge is 2.15. The molecule has 2 N–H and O–H groups in total. The fraction of sp³-hybridized carbons (Fsp3) is 0.176. The van der Waals surface area contributed by atoms with Gasteiger partial charge in [0.05, 0.1) is 6.20 Å². The Kier molecular flexibility index (Phi) is 3.42. The summed E-state index contributed by atoms with van der Waals surface area (Å²) in [5.41, 5.74) is 7.04. The van der Waals surface area contributed by atoms with Crippen molar-refractivity contribution in [2.75, 3.05) is 6.54 Å². The third-order valence-corrected chi connectivity index (χ3v) is 3.74. The number of para-hydroxylation sites is 1. The minimum atomic E-state index is -0.402. The SMILES string of the molecule is C[C@H](CN)Oc1ccc2ncc(-c3cc4cccc(F)c4o3)n2n1. The fourth-order valence-electron chi connectivity index (χ4n) is 2.50. The standard InChI is InChI=1S/C17H15FN4O2/c1-10(8-19)23-16-6-5-15-20-9-13(22(15)21-16)14-7-11-3-2-4-12(18)17(11)24-14/h2-7,9-10H,8,19H2,1H3/t10-/m1/s1. The van der Waals surface area contributed by atoms with E-state index in [1.54, 1.807) is 41.0 Å². The number of rotatable bonds is 4. The number of furan rings is 1. The average Bonchev–Trinajstić information content (AvgIpc) is 3.18. The van der Waals surface area contributed by atoms with Gasteiger partial charge in [-0.3, -0.25) is 0 Å². The molecule has 1 atom stereocenters. The first-order valence-electron chi connectivity index (χ1n) is 7.55. The Morgan fingerprint density at radius 2 is 2.21 bits per heavy atom. The number of hydrogen-bond donors (Lipinski definition) is 1. The molecule has 0 unspecified atom stereocenters. The lowest BCUT2D eigenvalue weighted by atomic mass is 10.2. The van der Waals surface area contributed by atoms with Gasteiger partial charge in [0.2, 0.25) is 5.88 Å². The van der Waals surface area contributed by atoms with Crippen molar-refractivity contribution < 1.29 is 13.5 Å². The quantitative estimate of drug-likeness (QED) is 0.624. The molecule has 0 bridgehead atoms. The van der Waals surface area contributed by atoms with Gasteiger partial charge in [-0.05, 0) is 25.1 Å². The number of nitrogens with two attached hydrogens (primary N) is 1. The first kappa shape index (κ1) is 14.6. The number of halogens is 1. The third-order valence-electron chi connectivity index (χ3n) is 3.74. The Hall–Kier alpha value is -2.93. The molecule has 122 valence electrons. The maximum absolute atomic E-state index is 13.8. The van der Waals surface area contributed by atoms with Crippen LogP contribution in [0.3, 0.4) is 0 Å². The highest BCUT2D eigenvalue weighted by Crippen LogP contribution is 2.29. The van der Waals surface area contributed by atoms with Gasteiger partial charge in [0.1, 0.15) is 11.8 Å². The van der Waals surface area contributed by atoms with Crippen molar-refractivity contribution in [1.82, 2.24) is 14.6 Å². The summed E-state index contributed by atoms with van der Waals surface area (Å²) in [5.74, 6) is 0.516. The Labute approximate surface area is 136 Å². The predicted molar refractivity (Wildman–Crippen MR) is 87.3 cm³/mol. The third kappa shape index (κ3) is 2.39. The topological polar surface area (TPSA) is 78.6 Å². The minimum Gasteiger partial charge on any atom is -0.472 e. The highest BCUT2D eigenvalue weighted by molar-refractivity contribution is 5.82. The Morgan fingerprint density at radius 1 is 1.33 bits per heavy atom. The summed E-state index contributed by atoms with van der Waals surface area (Å²) >= 11 is 0. The number of imidazole rings is 1. The van der Waals surface area contributed by atoms with Crippen LogP contribution in [-0.4, -0.2) is 27.2 Å². The summed E-state index contributed by atoms with van der Waals surface area (Å²) in [6, 6.07) is 10.1. The zero-order valence-electron chi connectivity index (χ0n) is 12.9. The lowest BCUT2D eigenvalue weighted by molar-refractivity contribution is 0.217. The molecule has 0 aliphatic heterocycles. The van der Waals surface area contributed by atoms with Crippen molar-refractivity contribution in [2.45, 2.75) is 13.0 Å². The fourth-order valence-corrected chi connectivity index (χ4v) is 2.50. The van der Waals surface area contributed by atoms with Crippen molar-refractivity contribution in [1.29, 1.82) is 0 Å². The molecule has 0 saturated heterocycles. The summed E-state index contributed by atoms with van der Waals surface area (Å²) in [4.78, 5) is 4.29. The maximum atomic E-state index is 13.8. The van der Waals surface area contributed by atoms with Gasteiger partial charge in [-0.1, -0.05) is 12.1 Å². The zero-order chi connectivity index (χ0) is 16.7. The van der Waals surface area contributed by atoms with Crippen LogP contribution < -0.4 is 10.5 Å². The van der Waals surface area contributed by atoms with Crippen LogP contribution in [0.4, 0.5) is 4.39 Å². The Balaban J connectivity index is 1.83. The predicted octanol–water partition coefficient (Wildman–Crippen LogP) is 3.01. The van der Waals surface area contributed by atoms with E-state index in [4.69, 9.17) is 14.9 Å². The number of benzene rings is 1. The van der Waals surface area contributed by atoms with Gasteiger partial charge in [-0.25, -0.2) is 13.9 Å². The van der Waals surface area contributed by atoms with Gasteiger partial charge in [-0.2, -0.15) is 0 Å². The summed E-state index contributed by atoms with van der Waals surface area (Å²) in [6.45, 7) is 2.25. The molecular weight excluding hydrogens is 311 g/mol. The molecule has 0 radical (unpaired) electrons. The molecule has 0 spiro atoms. The second-order valence-electron chi connectivity index (χ2n) is 5.52. The first-order valence-corrected chi connectivity index (χ1v) is 7.55. The van der Waals surface area contributed by atoms with E-state index in [0.29, 0.717) is 34.9 Å². The molecule has 1 aromatic carbocycles. The van der Waals surface area contributed by atoms with Crippen molar-refractivity contribution >= 4 is 16.6 Å². The zero-order valence-corrected chi connectivity index (χ0v) is 12.9. The second-order valence-corrected chi connectivity index (χ2v) is 5.52. The molecule has 24 heavy (non-hydrogen) atoms. The normalized spacial score (nSPS) is 12.8. The number of aromatic nitrogens is 3. The monoisotopic (exact) mass is 326 g/mol. The van der Waals surface area contributed by atoms with E-state index >= 15 is 0 Å². The van der Waals surface area contributed by atoms with Crippen LogP contribution in [0.25, 0.3) is 28.1 Å². The van der Waals surface area contributed by atoms with E-state index < -0.39 is 5.82 Å². The number of ether oxygens (including phenoxy) is 1. The summed E-state index contributed by atoms with van der Waals surface area (Å²) in [6.07, 6.45) is 1.48. The van der Waals surface area contributed by atoms with Gasteiger partial charge in [-0.15, -0.1) is 5.10 Å². The Bertz CT molecular complexity index is 1020. The maximum Gasteiger partial charge on any atom is 0.232 e. The molecule has 6 nitrogen and oxygen atoms in total. The molecule has 3 heterocycles. The molecule has 0 saturated carbocycles. The van der Waals surface area contributed by atoms with Crippen LogP contribution in [0, 0.1) is 5.82 Å². The van der Waals surface area contributed by atoms with E-state index in [1.165, 1.54) is 6.07 Å². The van der Waals surface area contributed by atoms with Crippen LogP contribution in [-0.2, 0) is 0 Å². The smallest absolute Gasteiger partial charge is 0.232 e. The highest BCUT2D eigenvalue weighted by atomic mass is 19.1. The largest absolute Gasteiger partial charge is 0.472 e. The van der Waals surface area contributed by atoms with Crippen LogP contribution in [0.15, 0.2) is 47.0 Å². The van der Waals surface area contributed by atoms with E-state index in [-0.39, 0.29) is 11.7 Å². The lowest BCUT2D eigenvalue weighted by Gasteiger charge is -2.11. The molecule has 0 fully saturated rings. The van der Waals surface area contributed by atoms with E-state index in [9.17, 15) is 4.39 Å². The average molecular weight is 326 g/mol. The molecule has 0 aliphatic carbocycles. The number of nitrogens with zero attached hydrogens (tertiary/aromatic N) is 3. The van der Waals surface area contributed by atoms with Crippen LogP contribution in [0.5, 0.6) is 5.88 Å². The minimum absolute atomic E-state index is 0.151. The lowest BCUT2D eigenvalue weighted by Crippen LogP contribution is -2.23. The number of hydrogen-bond acceptors (Lipinski definition) is 5. The summed E-state index contributed by atoms with van der Waals surface area (Å²) < 4.78 is 26.7. The van der Waals surface area contributed by atoms with Crippen LogP contribution >= 0.6 is 0 Å². The summed E-state index contributed by atoms with van der Waals surface area (Å²) in [7, 11) is 0. The van der Waals surface area contributed by atoms with Gasteiger partial charge < -0.3 is 14.9 Å². The van der Waals surface area contributed by atoms with E-state index in [2.05, 4.69) is 10.1 Å². The first-order chi connectivity index (χ1) is 11.7. The van der Waals surface area contributed by atoms with Crippen molar-refractivity contribution in [3.8, 4) is 17.3 Å². The van der Waals surface area contributed by atoms with Crippen molar-refractivity contribution in [2.24, 2.45) is 5.73 Å². The van der Waals surface area contributed by atoms with Crippen molar-refractivity contribution in [3.63, 3.8) is 0 Å². The van der Waals surface area contributed by atoms with E-state index in [0.717, 1.165) is 0 Å². The van der Waals surface area contributed by atoms with Gasteiger partial charge in [0.15, 0.2) is 22.8 Å².